The zero-order valence-corrected chi connectivity index (χ0v) is 11.2. The van der Waals surface area contributed by atoms with Crippen LogP contribution in [0, 0.1) is 11.8 Å². The lowest BCUT2D eigenvalue weighted by atomic mass is 9.82. The van der Waals surface area contributed by atoms with Crippen molar-refractivity contribution in [2.24, 2.45) is 17.6 Å². The van der Waals surface area contributed by atoms with Gasteiger partial charge in [0.05, 0.1) is 0 Å². The molecule has 2 aliphatic carbocycles. The van der Waals surface area contributed by atoms with Gasteiger partial charge in [0.1, 0.15) is 0 Å². The largest absolute Gasteiger partial charge is 0.326 e. The van der Waals surface area contributed by atoms with Crippen molar-refractivity contribution in [3.05, 3.63) is 0 Å². The van der Waals surface area contributed by atoms with E-state index in [4.69, 9.17) is 5.73 Å². The van der Waals surface area contributed by atoms with Crippen molar-refractivity contribution < 1.29 is 0 Å². The smallest absolute Gasteiger partial charge is 0.0252 e. The normalized spacial score (nSPS) is 36.0. The Morgan fingerprint density at radius 1 is 1.19 bits per heavy atom. The monoisotopic (exact) mass is 224 g/mol. The second-order valence-electron chi connectivity index (χ2n) is 6.47. The van der Waals surface area contributed by atoms with E-state index >= 15 is 0 Å². The SMILES string of the molecule is CC(C)CN(C1CC1)C1CC(C)CCC1N. The summed E-state index contributed by atoms with van der Waals surface area (Å²) >= 11 is 0. The molecule has 94 valence electrons. The van der Waals surface area contributed by atoms with E-state index in [-0.39, 0.29) is 0 Å². The minimum atomic E-state index is 0.426. The van der Waals surface area contributed by atoms with Gasteiger partial charge in [-0.15, -0.1) is 0 Å². The van der Waals surface area contributed by atoms with Crippen LogP contribution < -0.4 is 5.73 Å². The van der Waals surface area contributed by atoms with E-state index in [9.17, 15) is 0 Å². The van der Waals surface area contributed by atoms with E-state index in [1.54, 1.807) is 0 Å². The maximum atomic E-state index is 6.34. The summed E-state index contributed by atoms with van der Waals surface area (Å²) in [6, 6.07) is 1.96. The summed E-state index contributed by atoms with van der Waals surface area (Å²) in [5.41, 5.74) is 6.34. The highest BCUT2D eigenvalue weighted by Gasteiger charge is 2.38. The van der Waals surface area contributed by atoms with Gasteiger partial charge in [0.15, 0.2) is 0 Å². The molecule has 2 nitrogen and oxygen atoms in total. The molecule has 2 saturated carbocycles. The molecule has 2 heteroatoms. The number of hydrogen-bond donors (Lipinski definition) is 1. The fourth-order valence-corrected chi connectivity index (χ4v) is 3.14. The van der Waals surface area contributed by atoms with Crippen LogP contribution in [-0.4, -0.2) is 29.6 Å². The Labute approximate surface area is 101 Å². The molecule has 3 atom stereocenters. The summed E-state index contributed by atoms with van der Waals surface area (Å²) in [6.07, 6.45) is 6.70. The van der Waals surface area contributed by atoms with E-state index < -0.39 is 0 Å². The zero-order valence-electron chi connectivity index (χ0n) is 11.2. The van der Waals surface area contributed by atoms with E-state index in [0.29, 0.717) is 12.1 Å². The average Bonchev–Trinajstić information content (AvgIpc) is 3.02. The molecule has 0 bridgehead atoms. The van der Waals surface area contributed by atoms with E-state index in [0.717, 1.165) is 17.9 Å². The summed E-state index contributed by atoms with van der Waals surface area (Å²) in [7, 11) is 0. The van der Waals surface area contributed by atoms with Gasteiger partial charge < -0.3 is 5.73 Å². The number of nitrogens with zero attached hydrogens (tertiary/aromatic N) is 1. The Morgan fingerprint density at radius 2 is 1.88 bits per heavy atom. The van der Waals surface area contributed by atoms with Gasteiger partial charge in [0.25, 0.3) is 0 Å². The summed E-state index contributed by atoms with van der Waals surface area (Å²) in [6.45, 7) is 8.29. The van der Waals surface area contributed by atoms with Crippen molar-refractivity contribution in [3.63, 3.8) is 0 Å². The van der Waals surface area contributed by atoms with Crippen LogP contribution in [0.4, 0.5) is 0 Å². The van der Waals surface area contributed by atoms with Crippen molar-refractivity contribution >= 4 is 0 Å². The second kappa shape index (κ2) is 5.05. The van der Waals surface area contributed by atoms with E-state index in [1.807, 2.05) is 0 Å². The summed E-state index contributed by atoms with van der Waals surface area (Å²) < 4.78 is 0. The van der Waals surface area contributed by atoms with Crippen LogP contribution in [-0.2, 0) is 0 Å². The molecule has 0 amide bonds. The van der Waals surface area contributed by atoms with Crippen LogP contribution in [0.15, 0.2) is 0 Å². The Morgan fingerprint density at radius 3 is 2.44 bits per heavy atom. The molecule has 0 aromatic heterocycles. The predicted octanol–water partition coefficient (Wildman–Crippen LogP) is 2.62. The third kappa shape index (κ3) is 2.98. The zero-order chi connectivity index (χ0) is 11.7. The molecule has 0 saturated heterocycles. The molecular formula is C14H28N2. The third-order valence-electron chi connectivity index (χ3n) is 4.15. The van der Waals surface area contributed by atoms with Gasteiger partial charge in [-0.2, -0.15) is 0 Å². The maximum absolute atomic E-state index is 6.34. The van der Waals surface area contributed by atoms with Crippen molar-refractivity contribution in [2.75, 3.05) is 6.54 Å². The Kier molecular flexibility index (Phi) is 3.91. The Hall–Kier alpha value is -0.0800. The molecule has 0 aromatic rings. The lowest BCUT2D eigenvalue weighted by molar-refractivity contribution is 0.0963. The lowest BCUT2D eigenvalue weighted by Crippen LogP contribution is -2.52. The first kappa shape index (κ1) is 12.4. The molecule has 0 radical (unpaired) electrons. The van der Waals surface area contributed by atoms with Crippen molar-refractivity contribution in [3.8, 4) is 0 Å². The maximum Gasteiger partial charge on any atom is 0.0252 e. The first-order valence-electron chi connectivity index (χ1n) is 7.09. The molecule has 0 heterocycles. The molecule has 0 aliphatic heterocycles. The molecule has 0 aromatic carbocycles. The highest BCUT2D eigenvalue weighted by molar-refractivity contribution is 4.95. The van der Waals surface area contributed by atoms with Crippen molar-refractivity contribution in [2.45, 2.75) is 71.0 Å². The van der Waals surface area contributed by atoms with Gasteiger partial charge in [0.2, 0.25) is 0 Å². The third-order valence-corrected chi connectivity index (χ3v) is 4.15. The molecule has 2 N–H and O–H groups in total. The summed E-state index contributed by atoms with van der Waals surface area (Å²) in [4.78, 5) is 2.74. The minimum absolute atomic E-state index is 0.426. The van der Waals surface area contributed by atoms with Crippen LogP contribution in [0.3, 0.4) is 0 Å². The van der Waals surface area contributed by atoms with Crippen LogP contribution in [0.2, 0.25) is 0 Å². The van der Waals surface area contributed by atoms with E-state index in [1.165, 1.54) is 38.6 Å². The van der Waals surface area contributed by atoms with Gasteiger partial charge in [-0.3, -0.25) is 4.90 Å². The highest BCUT2D eigenvalue weighted by Crippen LogP contribution is 2.35. The second-order valence-corrected chi connectivity index (χ2v) is 6.47. The van der Waals surface area contributed by atoms with Gasteiger partial charge >= 0.3 is 0 Å². The topological polar surface area (TPSA) is 29.3 Å². The number of hydrogen-bond acceptors (Lipinski definition) is 2. The number of rotatable bonds is 4. The minimum Gasteiger partial charge on any atom is -0.326 e. The molecule has 2 fully saturated rings. The molecule has 0 spiro atoms. The van der Waals surface area contributed by atoms with Crippen LogP contribution in [0.1, 0.15) is 52.9 Å². The molecular weight excluding hydrogens is 196 g/mol. The standard InChI is InChI=1S/C14H28N2/c1-10(2)9-16(12-5-6-12)14-8-11(3)4-7-13(14)15/h10-14H,4-9,15H2,1-3H3. The molecule has 16 heavy (non-hydrogen) atoms. The van der Waals surface area contributed by atoms with Crippen molar-refractivity contribution in [1.29, 1.82) is 0 Å². The van der Waals surface area contributed by atoms with Crippen LogP contribution in [0.5, 0.6) is 0 Å². The first-order chi connectivity index (χ1) is 7.58. The Balaban J connectivity index is 1.99. The van der Waals surface area contributed by atoms with Crippen LogP contribution >= 0.6 is 0 Å². The van der Waals surface area contributed by atoms with Gasteiger partial charge in [-0.05, 0) is 43.9 Å². The fraction of sp³-hybridized carbons (Fsp3) is 1.00. The first-order valence-corrected chi connectivity index (χ1v) is 7.09. The van der Waals surface area contributed by atoms with Gasteiger partial charge in [-0.25, -0.2) is 0 Å². The molecule has 2 rings (SSSR count). The summed E-state index contributed by atoms with van der Waals surface area (Å²) in [5.74, 6) is 1.64. The highest BCUT2D eigenvalue weighted by atomic mass is 15.2. The lowest BCUT2D eigenvalue weighted by Gasteiger charge is -2.41. The van der Waals surface area contributed by atoms with Crippen molar-refractivity contribution in [1.82, 2.24) is 4.90 Å². The van der Waals surface area contributed by atoms with Gasteiger partial charge in [-0.1, -0.05) is 20.8 Å². The van der Waals surface area contributed by atoms with Crippen LogP contribution in [0.25, 0.3) is 0 Å². The fourth-order valence-electron chi connectivity index (χ4n) is 3.14. The molecule has 3 unspecified atom stereocenters. The number of nitrogens with two attached hydrogens (primary N) is 1. The Bertz CT molecular complexity index is 221. The average molecular weight is 224 g/mol. The van der Waals surface area contributed by atoms with Gasteiger partial charge in [0, 0.05) is 24.7 Å². The molecule has 2 aliphatic rings. The summed E-state index contributed by atoms with van der Waals surface area (Å²) in [5, 5.41) is 0. The van der Waals surface area contributed by atoms with E-state index in [2.05, 4.69) is 25.7 Å². The predicted molar refractivity (Wildman–Crippen MR) is 69.3 cm³/mol. The quantitative estimate of drug-likeness (QED) is 0.795.